The molecular formula is C18H14ClN3O3S2. The first-order chi connectivity index (χ1) is 12.8. The summed E-state index contributed by atoms with van der Waals surface area (Å²) in [7, 11) is -3.32. The minimum atomic E-state index is -3.32. The van der Waals surface area contributed by atoms with Crippen LogP contribution in [-0.4, -0.2) is 30.5 Å². The molecule has 2 heterocycles. The van der Waals surface area contributed by atoms with Gasteiger partial charge in [-0.15, -0.1) is 0 Å². The van der Waals surface area contributed by atoms with E-state index in [4.69, 9.17) is 11.6 Å². The van der Waals surface area contributed by atoms with Gasteiger partial charge in [-0.25, -0.2) is 13.4 Å². The highest BCUT2D eigenvalue weighted by Crippen LogP contribution is 2.26. The monoisotopic (exact) mass is 419 g/mol. The maximum atomic E-state index is 12.8. The molecule has 6 nitrogen and oxygen atoms in total. The van der Waals surface area contributed by atoms with Crippen LogP contribution in [0, 0.1) is 0 Å². The Morgan fingerprint density at radius 1 is 1.19 bits per heavy atom. The number of sulfone groups is 1. The second kappa shape index (κ2) is 7.99. The van der Waals surface area contributed by atoms with Gasteiger partial charge in [0.2, 0.25) is 0 Å². The van der Waals surface area contributed by atoms with E-state index in [0.29, 0.717) is 20.6 Å². The Labute approximate surface area is 165 Å². The number of anilines is 1. The molecule has 0 saturated carbocycles. The zero-order valence-electron chi connectivity index (χ0n) is 14.1. The molecule has 0 unspecified atom stereocenters. The van der Waals surface area contributed by atoms with Gasteiger partial charge in [0.25, 0.3) is 5.91 Å². The van der Waals surface area contributed by atoms with Crippen LogP contribution in [0.3, 0.4) is 0 Å². The third kappa shape index (κ3) is 5.00. The van der Waals surface area contributed by atoms with E-state index < -0.39 is 15.7 Å². The molecule has 0 aliphatic carbocycles. The van der Waals surface area contributed by atoms with Gasteiger partial charge >= 0.3 is 0 Å². The molecular weight excluding hydrogens is 406 g/mol. The van der Waals surface area contributed by atoms with Gasteiger partial charge in [-0.2, -0.15) is 0 Å². The number of aromatic nitrogens is 2. The topological polar surface area (TPSA) is 89.0 Å². The first kappa shape index (κ1) is 19.2. The molecule has 0 aliphatic rings. The summed E-state index contributed by atoms with van der Waals surface area (Å²) in [6.07, 6.45) is 7.52. The fourth-order valence-electron chi connectivity index (χ4n) is 2.27. The second-order valence-electron chi connectivity index (χ2n) is 5.56. The van der Waals surface area contributed by atoms with Crippen molar-refractivity contribution in [1.82, 2.24) is 9.97 Å². The van der Waals surface area contributed by atoms with Crippen LogP contribution >= 0.6 is 22.9 Å². The molecule has 0 spiro atoms. The molecule has 138 valence electrons. The Morgan fingerprint density at radius 3 is 2.48 bits per heavy atom. The van der Waals surface area contributed by atoms with Crippen LogP contribution in [0.4, 0.5) is 5.13 Å². The smallest absolute Gasteiger partial charge is 0.258 e. The van der Waals surface area contributed by atoms with E-state index in [-0.39, 0.29) is 4.90 Å². The van der Waals surface area contributed by atoms with Gasteiger partial charge in [-0.05, 0) is 35.4 Å². The van der Waals surface area contributed by atoms with E-state index in [1.165, 1.54) is 18.3 Å². The Morgan fingerprint density at radius 2 is 1.93 bits per heavy atom. The van der Waals surface area contributed by atoms with Crippen molar-refractivity contribution in [3.05, 3.63) is 70.5 Å². The lowest BCUT2D eigenvalue weighted by Gasteiger charge is -2.09. The number of hydrogen-bond acceptors (Lipinski definition) is 6. The van der Waals surface area contributed by atoms with Crippen LogP contribution < -0.4 is 5.32 Å². The average Bonchev–Trinajstić information content (AvgIpc) is 3.04. The molecule has 2 aromatic heterocycles. The van der Waals surface area contributed by atoms with Crippen molar-refractivity contribution in [2.45, 2.75) is 4.90 Å². The van der Waals surface area contributed by atoms with Crippen molar-refractivity contribution >= 4 is 55.5 Å². The normalized spacial score (nSPS) is 12.0. The van der Waals surface area contributed by atoms with Gasteiger partial charge in [-0.1, -0.05) is 41.1 Å². The summed E-state index contributed by atoms with van der Waals surface area (Å²) >= 11 is 7.00. The average molecular weight is 420 g/mol. The van der Waals surface area contributed by atoms with Crippen molar-refractivity contribution in [3.8, 4) is 0 Å². The molecule has 27 heavy (non-hydrogen) atoms. The maximum absolute atomic E-state index is 12.8. The zero-order valence-corrected chi connectivity index (χ0v) is 16.5. The van der Waals surface area contributed by atoms with E-state index in [1.807, 2.05) is 6.07 Å². The fraction of sp³-hybridized carbons (Fsp3) is 0.0556. The van der Waals surface area contributed by atoms with Gasteiger partial charge < -0.3 is 0 Å². The predicted octanol–water partition coefficient (Wildman–Crippen LogP) is 3.77. The van der Waals surface area contributed by atoms with Crippen LogP contribution in [0.2, 0.25) is 4.34 Å². The van der Waals surface area contributed by atoms with Crippen molar-refractivity contribution in [2.24, 2.45) is 0 Å². The number of halogens is 1. The summed E-state index contributed by atoms with van der Waals surface area (Å²) in [5.41, 5.74) is 1.63. The Hall–Kier alpha value is -2.55. The number of hydrogen-bond donors (Lipinski definition) is 1. The molecule has 3 rings (SSSR count). The van der Waals surface area contributed by atoms with E-state index in [0.717, 1.165) is 23.2 Å². The number of pyridine rings is 1. The minimum Gasteiger partial charge on any atom is -0.298 e. The maximum Gasteiger partial charge on any atom is 0.258 e. The van der Waals surface area contributed by atoms with E-state index >= 15 is 0 Å². The van der Waals surface area contributed by atoms with Gasteiger partial charge in [0.15, 0.2) is 15.0 Å². The molecule has 0 fully saturated rings. The first-order valence-electron chi connectivity index (χ1n) is 7.68. The number of thiazole rings is 1. The zero-order chi connectivity index (χ0) is 19.4. The number of rotatable bonds is 5. The SMILES string of the molecule is CS(=O)(=O)c1ccc(/C(=C\c2cccnc2)C(=O)Nc2ncc(Cl)s2)cc1. The number of nitrogens with one attached hydrogen (secondary N) is 1. The number of amides is 1. The largest absolute Gasteiger partial charge is 0.298 e. The Balaban J connectivity index is 1.99. The van der Waals surface area contributed by atoms with E-state index in [1.54, 1.807) is 36.7 Å². The quantitative estimate of drug-likeness (QED) is 0.636. The van der Waals surface area contributed by atoms with E-state index in [2.05, 4.69) is 15.3 Å². The number of nitrogens with zero attached hydrogens (tertiary/aromatic N) is 2. The highest BCUT2D eigenvalue weighted by atomic mass is 35.5. The minimum absolute atomic E-state index is 0.180. The lowest BCUT2D eigenvalue weighted by molar-refractivity contribution is -0.111. The molecule has 0 radical (unpaired) electrons. The van der Waals surface area contributed by atoms with Crippen molar-refractivity contribution in [1.29, 1.82) is 0 Å². The molecule has 1 N–H and O–H groups in total. The summed E-state index contributed by atoms with van der Waals surface area (Å²) in [4.78, 5) is 21.1. The summed E-state index contributed by atoms with van der Waals surface area (Å²) in [5, 5.41) is 3.07. The third-order valence-electron chi connectivity index (χ3n) is 3.53. The van der Waals surface area contributed by atoms with Crippen LogP contribution in [0.25, 0.3) is 11.6 Å². The highest BCUT2D eigenvalue weighted by molar-refractivity contribution is 7.90. The fourth-order valence-corrected chi connectivity index (χ4v) is 3.70. The molecule has 0 atom stereocenters. The standard InChI is InChI=1S/C18H14ClN3O3S2/c1-27(24,25)14-6-4-13(5-7-14)15(9-12-3-2-8-20-10-12)17(23)22-18-21-11-16(19)26-18/h2-11H,1H3,(H,21,22,23)/b15-9+. The van der Waals surface area contributed by atoms with E-state index in [9.17, 15) is 13.2 Å². The summed E-state index contributed by atoms with van der Waals surface area (Å²) in [6.45, 7) is 0. The van der Waals surface area contributed by atoms with Crippen molar-refractivity contribution < 1.29 is 13.2 Å². The Bertz CT molecular complexity index is 1090. The van der Waals surface area contributed by atoms with Crippen molar-refractivity contribution in [2.75, 3.05) is 11.6 Å². The number of benzene rings is 1. The molecule has 1 amide bonds. The summed E-state index contributed by atoms with van der Waals surface area (Å²) < 4.78 is 23.8. The Kier molecular flexibility index (Phi) is 5.69. The molecule has 1 aromatic carbocycles. The predicted molar refractivity (Wildman–Crippen MR) is 107 cm³/mol. The van der Waals surface area contributed by atoms with Gasteiger partial charge in [0.05, 0.1) is 11.1 Å². The molecule has 0 aliphatic heterocycles. The molecule has 0 bridgehead atoms. The van der Waals surface area contributed by atoms with Gasteiger partial charge in [0.1, 0.15) is 4.34 Å². The summed E-state index contributed by atoms with van der Waals surface area (Å²) in [5.74, 6) is -0.392. The molecule has 0 saturated heterocycles. The van der Waals surface area contributed by atoms with Crippen LogP contribution in [0.15, 0.2) is 59.9 Å². The molecule has 9 heteroatoms. The van der Waals surface area contributed by atoms with Crippen LogP contribution in [0.1, 0.15) is 11.1 Å². The van der Waals surface area contributed by atoms with Gasteiger partial charge in [0, 0.05) is 24.2 Å². The van der Waals surface area contributed by atoms with Crippen LogP contribution in [0.5, 0.6) is 0 Å². The second-order valence-corrected chi connectivity index (χ2v) is 9.24. The van der Waals surface area contributed by atoms with Gasteiger partial charge in [-0.3, -0.25) is 15.1 Å². The molecule has 3 aromatic rings. The number of carbonyl (C=O) groups excluding carboxylic acids is 1. The van der Waals surface area contributed by atoms with Crippen LogP contribution in [-0.2, 0) is 14.6 Å². The first-order valence-corrected chi connectivity index (χ1v) is 10.8. The van der Waals surface area contributed by atoms with Crippen molar-refractivity contribution in [3.63, 3.8) is 0 Å². The third-order valence-corrected chi connectivity index (χ3v) is 5.69. The summed E-state index contributed by atoms with van der Waals surface area (Å²) in [6, 6.07) is 9.69. The highest BCUT2D eigenvalue weighted by Gasteiger charge is 2.16. The number of carbonyl (C=O) groups is 1. The lowest BCUT2D eigenvalue weighted by Crippen LogP contribution is -2.13. The lowest BCUT2D eigenvalue weighted by atomic mass is 10.0.